The molecule has 1 amide bonds. The molecule has 4 nitrogen and oxygen atoms in total. The number of nitrogens with one attached hydrogen (secondary N) is 1. The van der Waals surface area contributed by atoms with Crippen LogP contribution in [-0.4, -0.2) is 24.7 Å². The molecule has 0 aliphatic heterocycles. The number of carbonyl (C=O) groups excluding carboxylic acids is 1. The van der Waals surface area contributed by atoms with E-state index in [1.807, 2.05) is 0 Å². The first-order valence-electron chi connectivity index (χ1n) is 4.04. The number of hydrogen-bond acceptors (Lipinski definition) is 3. The molecule has 0 aromatic heterocycles. The van der Waals surface area contributed by atoms with Crippen LogP contribution in [0.15, 0.2) is 0 Å². The summed E-state index contributed by atoms with van der Waals surface area (Å²) in [6, 6.07) is -0.164. The third kappa shape index (κ3) is 9.27. The van der Waals surface area contributed by atoms with Crippen molar-refractivity contribution in [2.24, 2.45) is 5.73 Å². The fourth-order valence-corrected chi connectivity index (χ4v) is 0.608. The highest BCUT2D eigenvalue weighted by molar-refractivity contribution is 5.74. The van der Waals surface area contributed by atoms with Gasteiger partial charge in [0.05, 0.1) is 0 Å². The first kappa shape index (κ1) is 13.2. The van der Waals surface area contributed by atoms with Crippen molar-refractivity contribution in [1.82, 2.24) is 5.48 Å². The van der Waals surface area contributed by atoms with Gasteiger partial charge in [-0.05, 0) is 13.3 Å². The molecule has 0 radical (unpaired) electrons. The van der Waals surface area contributed by atoms with Crippen molar-refractivity contribution >= 4 is 5.91 Å². The van der Waals surface area contributed by atoms with Crippen LogP contribution in [-0.2, 0) is 9.63 Å². The maximum Gasteiger partial charge on any atom is 0.414 e. The van der Waals surface area contributed by atoms with Gasteiger partial charge in [-0.15, -0.1) is 0 Å². The second-order valence-electron chi connectivity index (χ2n) is 2.95. The molecule has 0 fully saturated rings. The van der Waals surface area contributed by atoms with Crippen molar-refractivity contribution in [2.45, 2.75) is 32.0 Å². The first-order chi connectivity index (χ1) is 6.31. The lowest BCUT2D eigenvalue weighted by Crippen LogP contribution is -2.30. The Balaban J connectivity index is 3.46. The summed E-state index contributed by atoms with van der Waals surface area (Å²) in [5.41, 5.74) is 7.02. The van der Waals surface area contributed by atoms with Crippen LogP contribution in [0, 0.1) is 0 Å². The SMILES string of the molecule is CC(N)CCC(=O)NOCC(F)(F)F. The predicted octanol–water partition coefficient (Wildman–Crippen LogP) is 0.724. The second kappa shape index (κ2) is 5.82. The fourth-order valence-electron chi connectivity index (χ4n) is 0.608. The summed E-state index contributed by atoms with van der Waals surface area (Å²) >= 11 is 0. The van der Waals surface area contributed by atoms with Crippen LogP contribution >= 0.6 is 0 Å². The molecule has 0 rings (SSSR count). The lowest BCUT2D eigenvalue weighted by Gasteiger charge is -2.08. The van der Waals surface area contributed by atoms with Crippen molar-refractivity contribution in [3.05, 3.63) is 0 Å². The number of hydrogen-bond donors (Lipinski definition) is 2. The van der Waals surface area contributed by atoms with Crippen LogP contribution in [0.5, 0.6) is 0 Å². The van der Waals surface area contributed by atoms with Gasteiger partial charge < -0.3 is 5.73 Å². The Morgan fingerprint density at radius 1 is 1.57 bits per heavy atom. The number of halogens is 3. The van der Waals surface area contributed by atoms with Gasteiger partial charge in [0.15, 0.2) is 6.61 Å². The minimum absolute atomic E-state index is 0.0511. The third-order valence-electron chi connectivity index (χ3n) is 1.25. The van der Waals surface area contributed by atoms with Gasteiger partial charge in [-0.2, -0.15) is 13.2 Å². The quantitative estimate of drug-likeness (QED) is 0.663. The van der Waals surface area contributed by atoms with Gasteiger partial charge in [-0.1, -0.05) is 0 Å². The molecule has 0 aromatic rings. The van der Waals surface area contributed by atoms with Crippen LogP contribution in [0.25, 0.3) is 0 Å². The maximum atomic E-state index is 11.5. The maximum absolute atomic E-state index is 11.5. The van der Waals surface area contributed by atoms with E-state index in [1.54, 1.807) is 12.4 Å². The van der Waals surface area contributed by atoms with E-state index >= 15 is 0 Å². The van der Waals surface area contributed by atoms with E-state index in [4.69, 9.17) is 5.73 Å². The van der Waals surface area contributed by atoms with E-state index in [1.165, 1.54) is 0 Å². The molecule has 0 aliphatic rings. The Labute approximate surface area is 79.5 Å². The highest BCUT2D eigenvalue weighted by Gasteiger charge is 2.28. The predicted molar refractivity (Wildman–Crippen MR) is 43.0 cm³/mol. The summed E-state index contributed by atoms with van der Waals surface area (Å²) in [6.45, 7) is 0.209. The summed E-state index contributed by atoms with van der Waals surface area (Å²) in [4.78, 5) is 14.7. The molecular weight excluding hydrogens is 201 g/mol. The number of carbonyl (C=O) groups is 1. The normalized spacial score (nSPS) is 13.8. The van der Waals surface area contributed by atoms with Crippen LogP contribution in [0.3, 0.4) is 0 Å². The Bertz CT molecular complexity index is 182. The molecule has 7 heteroatoms. The fraction of sp³-hybridized carbons (Fsp3) is 0.857. The van der Waals surface area contributed by atoms with Gasteiger partial charge in [0, 0.05) is 12.5 Å². The van der Waals surface area contributed by atoms with Gasteiger partial charge in [-0.25, -0.2) is 5.48 Å². The van der Waals surface area contributed by atoms with Crippen molar-refractivity contribution in [3.63, 3.8) is 0 Å². The summed E-state index contributed by atoms with van der Waals surface area (Å²) < 4.78 is 34.6. The highest BCUT2D eigenvalue weighted by atomic mass is 19.4. The van der Waals surface area contributed by atoms with E-state index in [-0.39, 0.29) is 12.5 Å². The molecule has 0 spiro atoms. The van der Waals surface area contributed by atoms with Crippen molar-refractivity contribution in [3.8, 4) is 0 Å². The lowest BCUT2D eigenvalue weighted by molar-refractivity contribution is -0.191. The average Bonchev–Trinajstić information content (AvgIpc) is 1.98. The van der Waals surface area contributed by atoms with Gasteiger partial charge in [-0.3, -0.25) is 9.63 Å². The molecule has 0 aliphatic carbocycles. The Kier molecular flexibility index (Phi) is 5.47. The zero-order valence-electron chi connectivity index (χ0n) is 7.73. The van der Waals surface area contributed by atoms with E-state index in [0.717, 1.165) is 0 Å². The molecule has 14 heavy (non-hydrogen) atoms. The van der Waals surface area contributed by atoms with E-state index in [2.05, 4.69) is 4.84 Å². The smallest absolute Gasteiger partial charge is 0.328 e. The summed E-state index contributed by atoms with van der Waals surface area (Å²) in [6.07, 6.45) is -3.98. The molecule has 3 N–H and O–H groups in total. The van der Waals surface area contributed by atoms with E-state index in [9.17, 15) is 18.0 Å². The Morgan fingerprint density at radius 3 is 2.57 bits per heavy atom. The second-order valence-corrected chi connectivity index (χ2v) is 2.95. The minimum Gasteiger partial charge on any atom is -0.328 e. The molecule has 1 unspecified atom stereocenters. The van der Waals surface area contributed by atoms with Crippen LogP contribution in [0.1, 0.15) is 19.8 Å². The van der Waals surface area contributed by atoms with E-state index in [0.29, 0.717) is 6.42 Å². The number of nitrogens with two attached hydrogens (primary N) is 1. The van der Waals surface area contributed by atoms with Crippen LogP contribution in [0.4, 0.5) is 13.2 Å². The molecule has 84 valence electrons. The topological polar surface area (TPSA) is 64.4 Å². The highest BCUT2D eigenvalue weighted by Crippen LogP contribution is 2.13. The number of hydroxylamine groups is 1. The number of rotatable bonds is 5. The standard InChI is InChI=1S/C7H13F3N2O2/c1-5(11)2-3-6(13)12-14-4-7(8,9)10/h5H,2-4,11H2,1H3,(H,12,13). The summed E-state index contributed by atoms with van der Waals surface area (Å²) in [5, 5.41) is 0. The first-order valence-corrected chi connectivity index (χ1v) is 4.04. The van der Waals surface area contributed by atoms with Gasteiger partial charge in [0.2, 0.25) is 5.91 Å². The zero-order valence-corrected chi connectivity index (χ0v) is 7.73. The Hall–Kier alpha value is -0.820. The van der Waals surface area contributed by atoms with Gasteiger partial charge >= 0.3 is 6.18 Å². The van der Waals surface area contributed by atoms with Gasteiger partial charge in [0.25, 0.3) is 0 Å². The molecule has 0 saturated carbocycles. The molecule has 0 bridgehead atoms. The van der Waals surface area contributed by atoms with Crippen molar-refractivity contribution in [2.75, 3.05) is 6.61 Å². The van der Waals surface area contributed by atoms with Gasteiger partial charge in [0.1, 0.15) is 0 Å². The number of amides is 1. The molecule has 0 saturated heterocycles. The Morgan fingerprint density at radius 2 is 2.14 bits per heavy atom. The summed E-state index contributed by atoms with van der Waals surface area (Å²) in [7, 11) is 0. The van der Waals surface area contributed by atoms with Crippen LogP contribution in [0.2, 0.25) is 0 Å². The zero-order chi connectivity index (χ0) is 11.2. The monoisotopic (exact) mass is 214 g/mol. The lowest BCUT2D eigenvalue weighted by atomic mass is 10.2. The summed E-state index contributed by atoms with van der Waals surface area (Å²) in [5.74, 6) is -0.605. The largest absolute Gasteiger partial charge is 0.414 e. The number of alkyl halides is 3. The molecular formula is C7H13F3N2O2. The van der Waals surface area contributed by atoms with Crippen LogP contribution < -0.4 is 11.2 Å². The minimum atomic E-state index is -4.44. The molecule has 0 heterocycles. The van der Waals surface area contributed by atoms with Crippen molar-refractivity contribution in [1.29, 1.82) is 0 Å². The molecule has 0 aromatic carbocycles. The third-order valence-corrected chi connectivity index (χ3v) is 1.25. The van der Waals surface area contributed by atoms with Crippen molar-refractivity contribution < 1.29 is 22.8 Å². The average molecular weight is 214 g/mol. The van der Waals surface area contributed by atoms with E-state index < -0.39 is 18.7 Å². The molecule has 1 atom stereocenters.